The van der Waals surface area contributed by atoms with Gasteiger partial charge in [0.15, 0.2) is 0 Å². The van der Waals surface area contributed by atoms with Crippen LogP contribution in [-0.2, 0) is 4.79 Å². The molecule has 9 nitrogen and oxygen atoms in total. The highest BCUT2D eigenvalue weighted by Gasteiger charge is 2.27. The van der Waals surface area contributed by atoms with Crippen molar-refractivity contribution in [2.24, 2.45) is 0 Å². The van der Waals surface area contributed by atoms with Crippen LogP contribution < -0.4 is 21.5 Å². The molecule has 1 aliphatic rings. The van der Waals surface area contributed by atoms with Crippen LogP contribution in [0.1, 0.15) is 10.5 Å². The Morgan fingerprint density at radius 1 is 1.39 bits per heavy atom. The molecule has 9 heteroatoms. The normalized spacial score (nSPS) is 18.8. The van der Waals surface area contributed by atoms with Gasteiger partial charge in [0.2, 0.25) is 0 Å². The summed E-state index contributed by atoms with van der Waals surface area (Å²) in [6.07, 6.45) is 1.08. The topological polar surface area (TPSA) is 133 Å². The minimum atomic E-state index is -0.892. The summed E-state index contributed by atoms with van der Waals surface area (Å²) >= 11 is 0. The van der Waals surface area contributed by atoms with Crippen molar-refractivity contribution in [3.63, 3.8) is 0 Å². The first kappa shape index (κ1) is 11.8. The van der Waals surface area contributed by atoms with Crippen LogP contribution in [0.25, 0.3) is 0 Å². The predicted molar refractivity (Wildman–Crippen MR) is 57.7 cm³/mol. The zero-order valence-corrected chi connectivity index (χ0v) is 9.02. The summed E-state index contributed by atoms with van der Waals surface area (Å²) in [6.45, 7) is -0.0143. The summed E-state index contributed by atoms with van der Waals surface area (Å²) in [5, 5.41) is 6.71. The highest BCUT2D eigenvalue weighted by Crippen LogP contribution is 1.93. The van der Waals surface area contributed by atoms with Gasteiger partial charge in [0.25, 0.3) is 17.4 Å². The van der Waals surface area contributed by atoms with Gasteiger partial charge in [-0.25, -0.2) is 9.78 Å². The predicted octanol–water partition coefficient (Wildman–Crippen LogP) is -2.29. The van der Waals surface area contributed by atoms with Crippen LogP contribution in [-0.4, -0.2) is 40.4 Å². The summed E-state index contributed by atoms with van der Waals surface area (Å²) in [4.78, 5) is 50.7. The first-order valence-electron chi connectivity index (χ1n) is 5.00. The van der Waals surface area contributed by atoms with E-state index < -0.39 is 29.4 Å². The number of nitrogens with zero attached hydrogens (tertiary/aromatic N) is 1. The molecule has 0 radical (unpaired) electrons. The molecule has 1 saturated heterocycles. The zero-order chi connectivity index (χ0) is 13.1. The quantitative estimate of drug-likeness (QED) is 0.469. The number of hydrogen-bond donors (Lipinski definition) is 4. The minimum absolute atomic E-state index is 0.0143. The average molecular weight is 251 g/mol. The summed E-state index contributed by atoms with van der Waals surface area (Å²) in [7, 11) is 0. The van der Waals surface area contributed by atoms with E-state index in [0.717, 1.165) is 12.4 Å². The van der Waals surface area contributed by atoms with E-state index in [-0.39, 0.29) is 12.2 Å². The van der Waals surface area contributed by atoms with Crippen LogP contribution in [0.5, 0.6) is 0 Å². The molecule has 1 fully saturated rings. The zero-order valence-electron chi connectivity index (χ0n) is 9.02. The SMILES string of the molecule is O=C1NCC(NC(=O)c2cc(=O)[nH]cn2)C(=O)N1. The summed E-state index contributed by atoms with van der Waals surface area (Å²) in [5.74, 6) is -1.28. The fraction of sp³-hybridized carbons (Fsp3) is 0.222. The number of aromatic nitrogens is 2. The number of amides is 4. The molecule has 0 aromatic carbocycles. The Balaban J connectivity index is 2.06. The van der Waals surface area contributed by atoms with Crippen LogP contribution >= 0.6 is 0 Å². The van der Waals surface area contributed by atoms with Crippen molar-refractivity contribution in [1.29, 1.82) is 0 Å². The van der Waals surface area contributed by atoms with Crippen molar-refractivity contribution in [2.45, 2.75) is 6.04 Å². The smallest absolute Gasteiger partial charge is 0.321 e. The van der Waals surface area contributed by atoms with Crippen molar-refractivity contribution in [1.82, 2.24) is 25.9 Å². The molecule has 0 saturated carbocycles. The number of H-pyrrole nitrogens is 1. The van der Waals surface area contributed by atoms with Crippen LogP contribution in [0.15, 0.2) is 17.2 Å². The van der Waals surface area contributed by atoms with Gasteiger partial charge in [-0.1, -0.05) is 0 Å². The van der Waals surface area contributed by atoms with Crippen LogP contribution in [0.4, 0.5) is 4.79 Å². The summed E-state index contributed by atoms with van der Waals surface area (Å²) in [6, 6.07) is -0.495. The molecule has 2 rings (SSSR count). The maximum atomic E-state index is 11.7. The van der Waals surface area contributed by atoms with Gasteiger partial charge in [-0.05, 0) is 0 Å². The lowest BCUT2D eigenvalue weighted by atomic mass is 10.2. The molecular formula is C9H9N5O4. The fourth-order valence-corrected chi connectivity index (χ4v) is 1.37. The molecule has 1 aromatic rings. The van der Waals surface area contributed by atoms with Crippen LogP contribution in [0, 0.1) is 0 Å². The number of hydrogen-bond acceptors (Lipinski definition) is 5. The molecule has 1 unspecified atom stereocenters. The van der Waals surface area contributed by atoms with Gasteiger partial charge in [0.05, 0.1) is 6.33 Å². The van der Waals surface area contributed by atoms with Gasteiger partial charge in [0.1, 0.15) is 11.7 Å². The fourth-order valence-electron chi connectivity index (χ4n) is 1.37. The van der Waals surface area contributed by atoms with Crippen molar-refractivity contribution in [2.75, 3.05) is 6.54 Å². The van der Waals surface area contributed by atoms with E-state index in [1.165, 1.54) is 0 Å². The number of rotatable bonds is 2. The molecule has 94 valence electrons. The first-order chi connectivity index (χ1) is 8.56. The van der Waals surface area contributed by atoms with E-state index >= 15 is 0 Å². The Bertz CT molecular complexity index is 566. The van der Waals surface area contributed by atoms with Gasteiger partial charge in [-0.2, -0.15) is 0 Å². The van der Waals surface area contributed by atoms with Gasteiger partial charge in [0, 0.05) is 12.6 Å². The monoisotopic (exact) mass is 251 g/mol. The molecule has 18 heavy (non-hydrogen) atoms. The lowest BCUT2D eigenvalue weighted by Gasteiger charge is -2.22. The van der Waals surface area contributed by atoms with Gasteiger partial charge < -0.3 is 15.6 Å². The Morgan fingerprint density at radius 3 is 2.83 bits per heavy atom. The molecular weight excluding hydrogens is 242 g/mol. The van der Waals surface area contributed by atoms with E-state index in [1.807, 2.05) is 5.32 Å². The second-order valence-corrected chi connectivity index (χ2v) is 3.52. The third-order valence-corrected chi connectivity index (χ3v) is 2.24. The largest absolute Gasteiger partial charge is 0.337 e. The van der Waals surface area contributed by atoms with Crippen molar-refractivity contribution < 1.29 is 14.4 Å². The van der Waals surface area contributed by atoms with Gasteiger partial charge >= 0.3 is 6.03 Å². The number of nitrogens with one attached hydrogen (secondary N) is 4. The molecule has 1 aromatic heterocycles. The highest BCUT2D eigenvalue weighted by atomic mass is 16.2. The van der Waals surface area contributed by atoms with Gasteiger partial charge in [-0.3, -0.25) is 19.7 Å². The van der Waals surface area contributed by atoms with E-state index in [9.17, 15) is 19.2 Å². The maximum absolute atomic E-state index is 11.7. The molecule has 4 amide bonds. The summed E-state index contributed by atoms with van der Waals surface area (Å²) in [5.41, 5.74) is -0.583. The number of imide groups is 1. The molecule has 0 bridgehead atoms. The molecule has 4 N–H and O–H groups in total. The third-order valence-electron chi connectivity index (χ3n) is 2.24. The van der Waals surface area contributed by atoms with Crippen molar-refractivity contribution >= 4 is 17.8 Å². The lowest BCUT2D eigenvalue weighted by Crippen LogP contribution is -2.61. The van der Waals surface area contributed by atoms with E-state index in [0.29, 0.717) is 0 Å². The number of carbonyl (C=O) groups excluding carboxylic acids is 3. The third kappa shape index (κ3) is 2.51. The Kier molecular flexibility index (Phi) is 3.04. The van der Waals surface area contributed by atoms with E-state index in [4.69, 9.17) is 0 Å². The average Bonchev–Trinajstić information content (AvgIpc) is 2.32. The number of aromatic amines is 1. The molecule has 1 aliphatic heterocycles. The standard InChI is InChI=1S/C9H9N5O4/c15-6-1-4(11-3-12-6)7(16)13-5-2-10-9(18)14-8(5)17/h1,3,5H,2H2,(H,13,16)(H,11,12,15)(H2,10,14,17,18). The minimum Gasteiger partial charge on any atom is -0.337 e. The summed E-state index contributed by atoms with van der Waals surface area (Å²) < 4.78 is 0. The highest BCUT2D eigenvalue weighted by molar-refractivity contribution is 6.02. The molecule has 0 aliphatic carbocycles. The lowest BCUT2D eigenvalue weighted by molar-refractivity contribution is -0.122. The van der Waals surface area contributed by atoms with Gasteiger partial charge in [-0.15, -0.1) is 0 Å². The second-order valence-electron chi connectivity index (χ2n) is 3.52. The van der Waals surface area contributed by atoms with Crippen molar-refractivity contribution in [3.8, 4) is 0 Å². The van der Waals surface area contributed by atoms with Crippen LogP contribution in [0.2, 0.25) is 0 Å². The van der Waals surface area contributed by atoms with E-state index in [2.05, 4.69) is 20.6 Å². The molecule has 1 atom stereocenters. The number of urea groups is 1. The Labute approximate surface area is 100.0 Å². The second kappa shape index (κ2) is 4.65. The Hall–Kier alpha value is -2.71. The van der Waals surface area contributed by atoms with Crippen molar-refractivity contribution in [3.05, 3.63) is 28.4 Å². The molecule has 0 spiro atoms. The first-order valence-corrected chi connectivity index (χ1v) is 5.00. The Morgan fingerprint density at radius 2 is 2.17 bits per heavy atom. The van der Waals surface area contributed by atoms with E-state index in [1.54, 1.807) is 0 Å². The number of carbonyl (C=O) groups is 3. The molecule has 2 heterocycles. The maximum Gasteiger partial charge on any atom is 0.321 e. The van der Waals surface area contributed by atoms with Crippen LogP contribution in [0.3, 0.4) is 0 Å².